The lowest BCUT2D eigenvalue weighted by molar-refractivity contribution is 0.194. The first-order chi connectivity index (χ1) is 12.5. The van der Waals surface area contributed by atoms with Crippen molar-refractivity contribution in [3.05, 3.63) is 58.6 Å². The Kier molecular flexibility index (Phi) is 6.07. The number of hydrogen-bond donors (Lipinski definition) is 1. The summed E-state index contributed by atoms with van der Waals surface area (Å²) in [6.07, 6.45) is 1.61. The number of rotatable bonds is 7. The van der Waals surface area contributed by atoms with Gasteiger partial charge in [0.25, 0.3) is 0 Å². The summed E-state index contributed by atoms with van der Waals surface area (Å²) in [5.74, 6) is 1.60. The smallest absolute Gasteiger partial charge is 0.166 e. The van der Waals surface area contributed by atoms with E-state index in [1.807, 2.05) is 37.3 Å². The van der Waals surface area contributed by atoms with Crippen molar-refractivity contribution in [1.82, 2.24) is 4.98 Å². The van der Waals surface area contributed by atoms with Gasteiger partial charge in [0.1, 0.15) is 5.75 Å². The molecule has 136 valence electrons. The highest BCUT2D eigenvalue weighted by molar-refractivity contribution is 6.34. The minimum absolute atomic E-state index is 0.0151. The van der Waals surface area contributed by atoms with Crippen molar-refractivity contribution in [2.24, 2.45) is 0 Å². The van der Waals surface area contributed by atoms with Crippen molar-refractivity contribution in [1.29, 1.82) is 0 Å². The van der Waals surface area contributed by atoms with Gasteiger partial charge in [-0.15, -0.1) is 0 Å². The fraction of sp³-hybridized carbons (Fsp3) is 0.250. The van der Waals surface area contributed by atoms with Crippen LogP contribution in [0.5, 0.6) is 11.5 Å². The van der Waals surface area contributed by atoms with Crippen molar-refractivity contribution >= 4 is 39.9 Å². The van der Waals surface area contributed by atoms with Crippen LogP contribution in [0.4, 0.5) is 5.82 Å². The summed E-state index contributed by atoms with van der Waals surface area (Å²) in [6, 6.07) is 14.9. The number of anilines is 1. The van der Waals surface area contributed by atoms with Crippen LogP contribution in [-0.2, 0) is 0 Å². The Morgan fingerprint density at radius 3 is 2.73 bits per heavy atom. The van der Waals surface area contributed by atoms with Gasteiger partial charge in [0.2, 0.25) is 0 Å². The number of hydrogen-bond acceptors (Lipinski definition) is 4. The fourth-order valence-electron chi connectivity index (χ4n) is 2.62. The summed E-state index contributed by atoms with van der Waals surface area (Å²) >= 11 is 12.0. The van der Waals surface area contributed by atoms with E-state index in [1.54, 1.807) is 18.2 Å². The van der Waals surface area contributed by atoms with Gasteiger partial charge in [-0.25, -0.2) is 4.98 Å². The first-order valence-electron chi connectivity index (χ1n) is 8.42. The molecule has 1 aromatic heterocycles. The number of ether oxygens (including phenoxy) is 2. The lowest BCUT2D eigenvalue weighted by Crippen LogP contribution is -2.14. The monoisotopic (exact) mass is 390 g/mol. The van der Waals surface area contributed by atoms with Crippen LogP contribution in [0.25, 0.3) is 10.9 Å². The number of para-hydroxylation sites is 1. The second-order valence-corrected chi connectivity index (χ2v) is 6.90. The average molecular weight is 391 g/mol. The Hall–Kier alpha value is -2.17. The quantitative estimate of drug-likeness (QED) is 0.521. The zero-order valence-corrected chi connectivity index (χ0v) is 15.9. The van der Waals surface area contributed by atoms with Crippen molar-refractivity contribution in [3.8, 4) is 11.5 Å². The van der Waals surface area contributed by atoms with Crippen LogP contribution in [-0.4, -0.2) is 17.7 Å². The molecule has 0 bridgehead atoms. The molecule has 0 spiro atoms. The molecule has 0 radical (unpaired) electrons. The number of pyridine rings is 1. The normalized spacial score (nSPS) is 12.1. The third kappa shape index (κ3) is 4.71. The molecule has 3 rings (SSSR count). The average Bonchev–Trinajstić information content (AvgIpc) is 2.62. The van der Waals surface area contributed by atoms with Crippen LogP contribution in [0.15, 0.2) is 48.5 Å². The van der Waals surface area contributed by atoms with E-state index in [9.17, 15) is 0 Å². The van der Waals surface area contributed by atoms with Gasteiger partial charge in [0.15, 0.2) is 11.6 Å². The van der Waals surface area contributed by atoms with E-state index in [4.69, 9.17) is 38.4 Å². The van der Waals surface area contributed by atoms with Gasteiger partial charge < -0.3 is 15.2 Å². The number of nitrogen functional groups attached to an aromatic ring is 1. The second kappa shape index (κ2) is 8.47. The summed E-state index contributed by atoms with van der Waals surface area (Å²) in [7, 11) is 0. The zero-order valence-electron chi connectivity index (χ0n) is 14.4. The molecule has 2 aromatic carbocycles. The highest BCUT2D eigenvalue weighted by Crippen LogP contribution is 2.28. The molecule has 0 fully saturated rings. The van der Waals surface area contributed by atoms with Crippen LogP contribution in [0, 0.1) is 0 Å². The highest BCUT2D eigenvalue weighted by atomic mass is 35.5. The molecular weight excluding hydrogens is 371 g/mol. The molecule has 2 N–H and O–H groups in total. The summed E-state index contributed by atoms with van der Waals surface area (Å²) in [6.45, 7) is 2.53. The molecule has 1 heterocycles. The molecule has 0 aliphatic rings. The van der Waals surface area contributed by atoms with E-state index < -0.39 is 0 Å². The molecule has 0 saturated carbocycles. The maximum absolute atomic E-state index is 6.08. The van der Waals surface area contributed by atoms with Gasteiger partial charge in [0.05, 0.1) is 23.3 Å². The van der Waals surface area contributed by atoms with Crippen molar-refractivity contribution < 1.29 is 9.47 Å². The van der Waals surface area contributed by atoms with Crippen molar-refractivity contribution in [2.45, 2.75) is 25.9 Å². The lowest BCUT2D eigenvalue weighted by atomic mass is 10.2. The Bertz CT molecular complexity index is 902. The van der Waals surface area contributed by atoms with Crippen LogP contribution < -0.4 is 15.2 Å². The van der Waals surface area contributed by atoms with E-state index in [1.165, 1.54) is 0 Å². The summed E-state index contributed by atoms with van der Waals surface area (Å²) < 4.78 is 11.6. The molecule has 6 heteroatoms. The molecule has 0 aliphatic heterocycles. The van der Waals surface area contributed by atoms with E-state index in [0.29, 0.717) is 34.0 Å². The van der Waals surface area contributed by atoms with Gasteiger partial charge in [-0.3, -0.25) is 0 Å². The fourth-order valence-corrected chi connectivity index (χ4v) is 2.96. The molecule has 0 aliphatic carbocycles. The Labute approximate surface area is 162 Å². The van der Waals surface area contributed by atoms with Gasteiger partial charge in [-0.05, 0) is 44.0 Å². The largest absolute Gasteiger partial charge is 0.492 e. The van der Waals surface area contributed by atoms with Crippen molar-refractivity contribution in [3.63, 3.8) is 0 Å². The van der Waals surface area contributed by atoms with E-state index in [0.717, 1.165) is 23.7 Å². The molecule has 0 amide bonds. The van der Waals surface area contributed by atoms with E-state index in [2.05, 4.69) is 4.98 Å². The minimum Gasteiger partial charge on any atom is -0.492 e. The SMILES string of the molecule is CC(CCCOc1cc(Cl)ccc1Cl)Oc1cc2ccccc2nc1N. The second-order valence-electron chi connectivity index (χ2n) is 6.06. The number of nitrogens with two attached hydrogens (primary N) is 1. The molecular formula is C20H20Cl2N2O2. The third-order valence-corrected chi connectivity index (χ3v) is 4.50. The molecule has 1 unspecified atom stereocenters. The third-order valence-electron chi connectivity index (χ3n) is 3.95. The van der Waals surface area contributed by atoms with E-state index in [-0.39, 0.29) is 6.10 Å². The van der Waals surface area contributed by atoms with Gasteiger partial charge in [-0.1, -0.05) is 41.4 Å². The number of nitrogens with zero attached hydrogens (tertiary/aromatic N) is 1. The predicted octanol–water partition coefficient (Wildman–Crippen LogP) is 5.75. The van der Waals surface area contributed by atoms with Crippen LogP contribution >= 0.6 is 23.2 Å². The summed E-state index contributed by atoms with van der Waals surface area (Å²) in [5.41, 5.74) is 6.87. The predicted molar refractivity (Wildman–Crippen MR) is 107 cm³/mol. The van der Waals surface area contributed by atoms with Crippen LogP contribution in [0.1, 0.15) is 19.8 Å². The minimum atomic E-state index is -0.0151. The van der Waals surface area contributed by atoms with Crippen LogP contribution in [0.3, 0.4) is 0 Å². The van der Waals surface area contributed by atoms with Gasteiger partial charge in [0, 0.05) is 16.5 Å². The molecule has 3 aromatic rings. The first kappa shape index (κ1) is 18.6. The number of benzene rings is 2. The number of aromatic nitrogens is 1. The highest BCUT2D eigenvalue weighted by Gasteiger charge is 2.10. The zero-order chi connectivity index (χ0) is 18.5. The number of fused-ring (bicyclic) bond motifs is 1. The van der Waals surface area contributed by atoms with Crippen molar-refractivity contribution in [2.75, 3.05) is 12.3 Å². The summed E-state index contributed by atoms with van der Waals surface area (Å²) in [5, 5.41) is 2.15. The Morgan fingerprint density at radius 1 is 1.08 bits per heavy atom. The number of halogens is 2. The standard InChI is InChI=1S/C20H20Cl2N2O2/c1-13(5-4-10-25-18-12-15(21)8-9-16(18)22)26-19-11-14-6-2-3-7-17(14)24-20(19)23/h2-3,6-9,11-13H,4-5,10H2,1H3,(H2,23,24). The Balaban J connectivity index is 1.52. The molecule has 4 nitrogen and oxygen atoms in total. The van der Waals surface area contributed by atoms with Gasteiger partial charge in [-0.2, -0.15) is 0 Å². The topological polar surface area (TPSA) is 57.4 Å². The van der Waals surface area contributed by atoms with Gasteiger partial charge >= 0.3 is 0 Å². The molecule has 26 heavy (non-hydrogen) atoms. The lowest BCUT2D eigenvalue weighted by Gasteiger charge is -2.16. The first-order valence-corrected chi connectivity index (χ1v) is 9.18. The summed E-state index contributed by atoms with van der Waals surface area (Å²) in [4.78, 5) is 4.38. The Morgan fingerprint density at radius 2 is 1.88 bits per heavy atom. The maximum Gasteiger partial charge on any atom is 0.166 e. The molecule has 1 atom stereocenters. The van der Waals surface area contributed by atoms with Crippen LogP contribution in [0.2, 0.25) is 10.0 Å². The maximum atomic E-state index is 6.08. The molecule has 0 saturated heterocycles. The van der Waals surface area contributed by atoms with E-state index >= 15 is 0 Å².